The number of hydrogen-bond donors (Lipinski definition) is 1. The highest BCUT2D eigenvalue weighted by atomic mass is 16.5. The number of benzene rings is 2. The van der Waals surface area contributed by atoms with Crippen molar-refractivity contribution in [3.05, 3.63) is 59.2 Å². The number of carbonyl (C=O) groups is 1. The maximum absolute atomic E-state index is 11.6. The molecule has 5 heteroatoms. The summed E-state index contributed by atoms with van der Waals surface area (Å²) in [7, 11) is 0. The summed E-state index contributed by atoms with van der Waals surface area (Å²) in [5.74, 6) is 0.185. The van der Waals surface area contributed by atoms with Crippen molar-refractivity contribution in [2.45, 2.75) is 34.3 Å². The number of anilines is 1. The molecule has 138 valence electrons. The molecule has 5 nitrogen and oxygen atoms in total. The smallest absolute Gasteiger partial charge is 0.314 e. The molecule has 2 rings (SSSR count). The second kappa shape index (κ2) is 9.61. The summed E-state index contributed by atoms with van der Waals surface area (Å²) in [4.78, 5) is 11.6. The van der Waals surface area contributed by atoms with E-state index < -0.39 is 5.92 Å². The van der Waals surface area contributed by atoms with Crippen molar-refractivity contribution in [1.82, 2.24) is 0 Å². The summed E-state index contributed by atoms with van der Waals surface area (Å²) in [5, 5.41) is 4.16. The lowest BCUT2D eigenvalue weighted by Gasteiger charge is -2.13. The second-order valence-electron chi connectivity index (χ2n) is 6.15. The van der Waals surface area contributed by atoms with E-state index in [1.165, 1.54) is 0 Å². The first-order chi connectivity index (χ1) is 12.5. The van der Waals surface area contributed by atoms with Crippen LogP contribution < -0.4 is 10.2 Å². The van der Waals surface area contributed by atoms with Crippen molar-refractivity contribution in [1.29, 1.82) is 0 Å². The molecule has 2 aromatic carbocycles. The Bertz CT molecular complexity index is 772. The third kappa shape index (κ3) is 5.62. The first-order valence-corrected chi connectivity index (χ1v) is 8.75. The largest absolute Gasteiger partial charge is 0.489 e. The van der Waals surface area contributed by atoms with E-state index in [2.05, 4.69) is 22.7 Å². The number of nitrogens with one attached hydrogen (secondary N) is 1. The molecular formula is C21H26N2O3. The molecule has 1 unspecified atom stereocenters. The second-order valence-corrected chi connectivity index (χ2v) is 6.15. The topological polar surface area (TPSA) is 59.9 Å². The van der Waals surface area contributed by atoms with Gasteiger partial charge in [-0.05, 0) is 51.0 Å². The SMILES string of the molecule is CCOC(=O)C(C)C=NNc1ccccc1COc1cc(C)ccc1C. The Labute approximate surface area is 155 Å². The number of ether oxygens (including phenoxy) is 2. The van der Waals surface area contributed by atoms with Crippen molar-refractivity contribution in [3.63, 3.8) is 0 Å². The van der Waals surface area contributed by atoms with Gasteiger partial charge in [0.1, 0.15) is 12.4 Å². The number of aryl methyl sites for hydroxylation is 2. The molecular weight excluding hydrogens is 328 g/mol. The molecule has 0 saturated carbocycles. The number of para-hydroxylation sites is 1. The van der Waals surface area contributed by atoms with Gasteiger partial charge in [0.2, 0.25) is 0 Å². The zero-order chi connectivity index (χ0) is 18.9. The number of rotatable bonds is 8. The maximum Gasteiger partial charge on any atom is 0.314 e. The molecule has 1 atom stereocenters. The number of carbonyl (C=O) groups excluding carboxylic acids is 1. The van der Waals surface area contributed by atoms with Crippen molar-refractivity contribution in [3.8, 4) is 5.75 Å². The van der Waals surface area contributed by atoms with Crippen LogP contribution in [0, 0.1) is 19.8 Å². The van der Waals surface area contributed by atoms with Crippen LogP contribution in [-0.2, 0) is 16.1 Å². The van der Waals surface area contributed by atoms with Gasteiger partial charge in [-0.25, -0.2) is 0 Å². The number of esters is 1. The molecule has 0 aliphatic rings. The van der Waals surface area contributed by atoms with Crippen LogP contribution in [0.25, 0.3) is 0 Å². The molecule has 0 aliphatic carbocycles. The predicted molar refractivity (Wildman–Crippen MR) is 105 cm³/mol. The van der Waals surface area contributed by atoms with E-state index in [4.69, 9.17) is 9.47 Å². The van der Waals surface area contributed by atoms with Gasteiger partial charge in [-0.2, -0.15) is 5.10 Å². The summed E-state index contributed by atoms with van der Waals surface area (Å²) in [6.45, 7) is 8.39. The lowest BCUT2D eigenvalue weighted by molar-refractivity contribution is -0.144. The zero-order valence-corrected chi connectivity index (χ0v) is 15.8. The zero-order valence-electron chi connectivity index (χ0n) is 15.8. The molecule has 0 fully saturated rings. The number of nitrogens with zero attached hydrogens (tertiary/aromatic N) is 1. The van der Waals surface area contributed by atoms with Gasteiger partial charge in [0, 0.05) is 11.8 Å². The molecule has 0 bridgehead atoms. The van der Waals surface area contributed by atoms with Gasteiger partial charge in [0.15, 0.2) is 0 Å². The third-order valence-electron chi connectivity index (χ3n) is 3.89. The minimum absolute atomic E-state index is 0.287. The minimum atomic E-state index is -0.402. The average molecular weight is 354 g/mol. The Morgan fingerprint density at radius 2 is 2.00 bits per heavy atom. The predicted octanol–water partition coefficient (Wildman–Crippen LogP) is 4.48. The highest BCUT2D eigenvalue weighted by Crippen LogP contribution is 2.22. The van der Waals surface area contributed by atoms with E-state index in [1.54, 1.807) is 20.1 Å². The van der Waals surface area contributed by atoms with Crippen molar-refractivity contribution in [2.75, 3.05) is 12.0 Å². The van der Waals surface area contributed by atoms with Gasteiger partial charge in [-0.1, -0.05) is 30.3 Å². The van der Waals surface area contributed by atoms with Crippen molar-refractivity contribution in [2.24, 2.45) is 11.0 Å². The van der Waals surface area contributed by atoms with Gasteiger partial charge in [0.05, 0.1) is 18.2 Å². The highest BCUT2D eigenvalue weighted by Gasteiger charge is 2.11. The minimum Gasteiger partial charge on any atom is -0.489 e. The van der Waals surface area contributed by atoms with E-state index in [1.807, 2.05) is 44.2 Å². The summed E-state index contributed by atoms with van der Waals surface area (Å²) >= 11 is 0. The summed E-state index contributed by atoms with van der Waals surface area (Å²) < 4.78 is 10.9. The van der Waals surface area contributed by atoms with Gasteiger partial charge in [0.25, 0.3) is 0 Å². The van der Waals surface area contributed by atoms with E-state index >= 15 is 0 Å². The molecule has 0 heterocycles. The number of hydrazone groups is 1. The quantitative estimate of drug-likeness (QED) is 0.431. The fourth-order valence-corrected chi connectivity index (χ4v) is 2.33. The van der Waals surface area contributed by atoms with Crippen LogP contribution in [0.15, 0.2) is 47.6 Å². The maximum atomic E-state index is 11.6. The van der Waals surface area contributed by atoms with E-state index in [0.717, 1.165) is 28.1 Å². The Morgan fingerprint density at radius 3 is 2.77 bits per heavy atom. The summed E-state index contributed by atoms with van der Waals surface area (Å²) in [6.07, 6.45) is 1.54. The van der Waals surface area contributed by atoms with Crippen LogP contribution in [0.4, 0.5) is 5.69 Å². The normalized spacial score (nSPS) is 12.0. The van der Waals surface area contributed by atoms with E-state index in [9.17, 15) is 4.79 Å². The number of hydrogen-bond acceptors (Lipinski definition) is 5. The summed E-state index contributed by atoms with van der Waals surface area (Å²) in [5.41, 5.74) is 7.07. The fourth-order valence-electron chi connectivity index (χ4n) is 2.33. The standard InChI is InChI=1S/C21H26N2O3/c1-5-25-21(24)17(4)13-22-23-19-9-7-6-8-18(19)14-26-20-12-15(2)10-11-16(20)3/h6-13,17,23H,5,14H2,1-4H3. The fraction of sp³-hybridized carbons (Fsp3) is 0.333. The molecule has 1 N–H and O–H groups in total. The molecule has 0 amide bonds. The van der Waals surface area contributed by atoms with Crippen molar-refractivity contribution < 1.29 is 14.3 Å². The van der Waals surface area contributed by atoms with Gasteiger partial charge < -0.3 is 9.47 Å². The van der Waals surface area contributed by atoms with Gasteiger partial charge in [-0.15, -0.1) is 0 Å². The molecule has 0 spiro atoms. The van der Waals surface area contributed by atoms with Crippen LogP contribution in [0.1, 0.15) is 30.5 Å². The molecule has 2 aromatic rings. The Hall–Kier alpha value is -2.82. The third-order valence-corrected chi connectivity index (χ3v) is 3.89. The lowest BCUT2D eigenvalue weighted by atomic mass is 10.1. The monoisotopic (exact) mass is 354 g/mol. The van der Waals surface area contributed by atoms with Crippen LogP contribution in [0.2, 0.25) is 0 Å². The van der Waals surface area contributed by atoms with Crippen LogP contribution in [0.5, 0.6) is 5.75 Å². The molecule has 0 saturated heterocycles. The summed E-state index contributed by atoms with van der Waals surface area (Å²) in [6, 6.07) is 13.9. The Kier molecular flexibility index (Phi) is 7.21. The highest BCUT2D eigenvalue weighted by molar-refractivity contribution is 5.89. The Balaban J connectivity index is 2.01. The van der Waals surface area contributed by atoms with E-state index in [0.29, 0.717) is 13.2 Å². The molecule has 0 aromatic heterocycles. The van der Waals surface area contributed by atoms with Gasteiger partial charge >= 0.3 is 5.97 Å². The first kappa shape index (κ1) is 19.5. The van der Waals surface area contributed by atoms with Crippen molar-refractivity contribution >= 4 is 17.9 Å². The molecule has 26 heavy (non-hydrogen) atoms. The molecule has 0 radical (unpaired) electrons. The first-order valence-electron chi connectivity index (χ1n) is 8.75. The van der Waals surface area contributed by atoms with Crippen LogP contribution in [0.3, 0.4) is 0 Å². The van der Waals surface area contributed by atoms with Crippen LogP contribution >= 0.6 is 0 Å². The van der Waals surface area contributed by atoms with E-state index in [-0.39, 0.29) is 5.97 Å². The lowest BCUT2D eigenvalue weighted by Crippen LogP contribution is -2.16. The molecule has 0 aliphatic heterocycles. The van der Waals surface area contributed by atoms with Gasteiger partial charge in [-0.3, -0.25) is 10.2 Å². The Morgan fingerprint density at radius 1 is 1.23 bits per heavy atom. The van der Waals surface area contributed by atoms with Crippen LogP contribution in [-0.4, -0.2) is 18.8 Å². The average Bonchev–Trinajstić information content (AvgIpc) is 2.63.